The average Bonchev–Trinajstić information content (AvgIpc) is 3.09. The molecule has 0 spiro atoms. The largest absolute Gasteiger partial charge is 0.293 e. The summed E-state index contributed by atoms with van der Waals surface area (Å²) in [5.74, 6) is -0.0250. The summed E-state index contributed by atoms with van der Waals surface area (Å²) < 4.78 is 25.8. The van der Waals surface area contributed by atoms with E-state index in [0.29, 0.717) is 11.3 Å². The summed E-state index contributed by atoms with van der Waals surface area (Å²) >= 11 is 2.95. The molecule has 1 aromatic heterocycles. The first-order valence-corrected chi connectivity index (χ1v) is 12.2. The Morgan fingerprint density at radius 1 is 1.11 bits per heavy atom. The molecule has 0 bridgehead atoms. The fraction of sp³-hybridized carbons (Fsp3) is 0.200. The monoisotopic (exact) mass is 432 g/mol. The van der Waals surface area contributed by atoms with E-state index < -0.39 is 10.0 Å². The van der Waals surface area contributed by atoms with Crippen molar-refractivity contribution in [3.63, 3.8) is 0 Å². The van der Waals surface area contributed by atoms with Gasteiger partial charge in [0.2, 0.25) is 10.0 Å². The number of aromatic nitrogens is 1. The second-order valence-electron chi connectivity index (χ2n) is 6.44. The number of aryl methyl sites for hydroxylation is 1. The van der Waals surface area contributed by atoms with E-state index >= 15 is 0 Å². The highest BCUT2D eigenvalue weighted by Crippen LogP contribution is 2.32. The highest BCUT2D eigenvalue weighted by molar-refractivity contribution is 8.02. The Labute approximate surface area is 173 Å². The summed E-state index contributed by atoms with van der Waals surface area (Å²) in [7, 11) is -3.34. The van der Waals surface area contributed by atoms with Gasteiger partial charge in [0.05, 0.1) is 17.2 Å². The first-order valence-electron chi connectivity index (χ1n) is 8.52. The number of sulfonamides is 1. The molecule has 5 nitrogen and oxygen atoms in total. The van der Waals surface area contributed by atoms with Crippen LogP contribution in [0, 0.1) is 6.92 Å². The van der Waals surface area contributed by atoms with Gasteiger partial charge in [-0.1, -0.05) is 41.6 Å². The van der Waals surface area contributed by atoms with Gasteiger partial charge in [0, 0.05) is 22.2 Å². The van der Waals surface area contributed by atoms with Crippen LogP contribution in [0.25, 0.3) is 11.3 Å². The Kier molecular flexibility index (Phi) is 6.22. The zero-order valence-corrected chi connectivity index (χ0v) is 18.1. The smallest absolute Gasteiger partial charge is 0.229 e. The average molecular weight is 433 g/mol. The number of carbonyl (C=O) groups excluding carboxylic acids is 1. The van der Waals surface area contributed by atoms with Gasteiger partial charge in [0.1, 0.15) is 0 Å². The molecule has 0 fully saturated rings. The Hall–Kier alpha value is -2.16. The van der Waals surface area contributed by atoms with Crippen molar-refractivity contribution in [2.75, 3.05) is 11.0 Å². The van der Waals surface area contributed by atoms with Crippen LogP contribution >= 0.6 is 23.1 Å². The van der Waals surface area contributed by atoms with Crippen molar-refractivity contribution in [3.05, 3.63) is 65.0 Å². The van der Waals surface area contributed by atoms with Crippen LogP contribution in [0.1, 0.15) is 22.8 Å². The van der Waals surface area contributed by atoms with Crippen LogP contribution in [0.3, 0.4) is 0 Å². The molecule has 8 heteroatoms. The molecular weight excluding hydrogens is 412 g/mol. The lowest BCUT2D eigenvalue weighted by molar-refractivity contribution is 0.0994. The van der Waals surface area contributed by atoms with Crippen LogP contribution in [0.2, 0.25) is 0 Å². The molecule has 0 aliphatic carbocycles. The number of thiazole rings is 1. The van der Waals surface area contributed by atoms with Gasteiger partial charge in [-0.25, -0.2) is 13.4 Å². The standard InChI is InChI=1S/C20H20N2O3S3/c1-13-4-6-15(7-5-13)18-12-26-20(21-18)27-14(2)19(23)16-8-10-17(11-9-16)22-28(3,24)25/h4-12,14,22H,1-3H3. The molecule has 3 aromatic rings. The van der Waals surface area contributed by atoms with E-state index in [1.54, 1.807) is 24.3 Å². The molecule has 0 radical (unpaired) electrons. The maximum absolute atomic E-state index is 12.7. The molecule has 0 saturated heterocycles. The number of hydrogen-bond acceptors (Lipinski definition) is 6. The zero-order valence-electron chi connectivity index (χ0n) is 15.7. The number of nitrogens with zero attached hydrogens (tertiary/aromatic N) is 1. The van der Waals surface area contributed by atoms with E-state index in [2.05, 4.69) is 21.8 Å². The highest BCUT2D eigenvalue weighted by Gasteiger charge is 2.18. The van der Waals surface area contributed by atoms with Gasteiger partial charge in [-0.15, -0.1) is 11.3 Å². The van der Waals surface area contributed by atoms with Crippen LogP contribution in [0.15, 0.2) is 58.3 Å². The molecule has 0 amide bonds. The van der Waals surface area contributed by atoms with Gasteiger partial charge >= 0.3 is 0 Å². The number of rotatable bonds is 7. The minimum atomic E-state index is -3.34. The van der Waals surface area contributed by atoms with Gasteiger partial charge in [-0.3, -0.25) is 9.52 Å². The van der Waals surface area contributed by atoms with Crippen molar-refractivity contribution in [1.29, 1.82) is 0 Å². The van der Waals surface area contributed by atoms with Gasteiger partial charge < -0.3 is 0 Å². The van der Waals surface area contributed by atoms with E-state index in [0.717, 1.165) is 21.9 Å². The molecule has 1 heterocycles. The lowest BCUT2D eigenvalue weighted by Gasteiger charge is -2.09. The van der Waals surface area contributed by atoms with Crippen molar-refractivity contribution in [2.24, 2.45) is 0 Å². The number of Topliss-reactive ketones (excluding diaryl/α,β-unsaturated/α-hetero) is 1. The van der Waals surface area contributed by atoms with Crippen molar-refractivity contribution < 1.29 is 13.2 Å². The van der Waals surface area contributed by atoms with Crippen molar-refractivity contribution in [1.82, 2.24) is 4.98 Å². The zero-order chi connectivity index (χ0) is 20.3. The normalized spacial score (nSPS) is 12.5. The first kappa shape index (κ1) is 20.6. The molecule has 28 heavy (non-hydrogen) atoms. The molecule has 1 N–H and O–H groups in total. The third-order valence-corrected chi connectivity index (χ3v) is 6.63. The minimum Gasteiger partial charge on any atom is -0.293 e. The van der Waals surface area contributed by atoms with Gasteiger partial charge in [-0.05, 0) is 38.1 Å². The SMILES string of the molecule is Cc1ccc(-c2csc(SC(C)C(=O)c3ccc(NS(C)(=O)=O)cc3)n2)cc1. The number of nitrogens with one attached hydrogen (secondary N) is 1. The Bertz CT molecular complexity index is 1070. The number of anilines is 1. The molecule has 1 atom stereocenters. The third kappa shape index (κ3) is 5.43. The van der Waals surface area contributed by atoms with E-state index in [1.165, 1.54) is 28.7 Å². The molecular formula is C20H20N2O3S3. The number of thioether (sulfide) groups is 1. The van der Waals surface area contributed by atoms with Gasteiger partial charge in [-0.2, -0.15) is 0 Å². The topological polar surface area (TPSA) is 76.1 Å². The summed E-state index contributed by atoms with van der Waals surface area (Å²) in [4.78, 5) is 17.3. The summed E-state index contributed by atoms with van der Waals surface area (Å²) in [6, 6.07) is 14.6. The van der Waals surface area contributed by atoms with Gasteiger partial charge in [0.25, 0.3) is 0 Å². The Balaban J connectivity index is 1.66. The minimum absolute atomic E-state index is 0.0250. The number of carbonyl (C=O) groups is 1. The van der Waals surface area contributed by atoms with E-state index in [4.69, 9.17) is 0 Å². The maximum Gasteiger partial charge on any atom is 0.229 e. The highest BCUT2D eigenvalue weighted by atomic mass is 32.2. The second kappa shape index (κ2) is 8.46. The van der Waals surface area contributed by atoms with E-state index in [9.17, 15) is 13.2 Å². The van der Waals surface area contributed by atoms with Crippen LogP contribution in [-0.2, 0) is 10.0 Å². The van der Waals surface area contributed by atoms with Gasteiger partial charge in [0.15, 0.2) is 10.1 Å². The molecule has 2 aromatic carbocycles. The quantitative estimate of drug-likeness (QED) is 0.426. The molecule has 0 aliphatic rings. The number of benzene rings is 2. The molecule has 0 saturated carbocycles. The lowest BCUT2D eigenvalue weighted by atomic mass is 10.1. The summed E-state index contributed by atoms with van der Waals surface area (Å²) in [6.07, 6.45) is 1.09. The van der Waals surface area contributed by atoms with Crippen molar-refractivity contribution in [3.8, 4) is 11.3 Å². The van der Waals surface area contributed by atoms with Crippen molar-refractivity contribution >= 4 is 44.6 Å². The van der Waals surface area contributed by atoms with E-state index in [1.807, 2.05) is 31.4 Å². The van der Waals surface area contributed by atoms with Crippen LogP contribution in [0.4, 0.5) is 5.69 Å². The summed E-state index contributed by atoms with van der Waals surface area (Å²) in [5, 5.41) is 1.70. The lowest BCUT2D eigenvalue weighted by Crippen LogP contribution is -2.14. The van der Waals surface area contributed by atoms with Crippen molar-refractivity contribution in [2.45, 2.75) is 23.4 Å². The first-order chi connectivity index (χ1) is 13.2. The predicted molar refractivity (Wildman–Crippen MR) is 117 cm³/mol. The third-order valence-electron chi connectivity index (χ3n) is 3.95. The Morgan fingerprint density at radius 3 is 2.36 bits per heavy atom. The van der Waals surface area contributed by atoms with Crippen LogP contribution in [-0.4, -0.2) is 30.7 Å². The fourth-order valence-corrected chi connectivity index (χ4v) is 5.14. The fourth-order valence-electron chi connectivity index (χ4n) is 2.52. The molecule has 146 valence electrons. The molecule has 1 unspecified atom stereocenters. The van der Waals surface area contributed by atoms with Crippen LogP contribution in [0.5, 0.6) is 0 Å². The summed E-state index contributed by atoms with van der Waals surface area (Å²) in [5.41, 5.74) is 4.13. The van der Waals surface area contributed by atoms with Crippen LogP contribution < -0.4 is 4.72 Å². The molecule has 3 rings (SSSR count). The molecule has 0 aliphatic heterocycles. The summed E-state index contributed by atoms with van der Waals surface area (Å²) in [6.45, 7) is 3.89. The number of ketones is 1. The van der Waals surface area contributed by atoms with E-state index in [-0.39, 0.29) is 11.0 Å². The maximum atomic E-state index is 12.7. The number of hydrogen-bond donors (Lipinski definition) is 1. The Morgan fingerprint density at radius 2 is 1.75 bits per heavy atom. The second-order valence-corrected chi connectivity index (χ2v) is 10.6. The predicted octanol–water partition coefficient (Wildman–Crippen LogP) is 4.85.